The van der Waals surface area contributed by atoms with Gasteiger partial charge in [0.05, 0.1) is 24.9 Å². The molecule has 0 bridgehead atoms. The van der Waals surface area contributed by atoms with Crippen molar-refractivity contribution in [3.63, 3.8) is 0 Å². The highest BCUT2D eigenvalue weighted by atomic mass is 32.2. The first-order valence-corrected chi connectivity index (χ1v) is 7.32. The van der Waals surface area contributed by atoms with Gasteiger partial charge in [0.2, 0.25) is 0 Å². The third kappa shape index (κ3) is 2.15. The molecule has 3 rings (SSSR count). The van der Waals surface area contributed by atoms with Gasteiger partial charge in [0, 0.05) is 12.2 Å². The fraction of sp³-hybridized carbons (Fsp3) is 0.545. The lowest BCUT2D eigenvalue weighted by molar-refractivity contribution is -0.00368. The van der Waals surface area contributed by atoms with Crippen molar-refractivity contribution in [2.75, 3.05) is 12.0 Å². The Morgan fingerprint density at radius 2 is 2.47 bits per heavy atom. The van der Waals surface area contributed by atoms with Gasteiger partial charge >= 0.3 is 0 Å². The highest BCUT2D eigenvalue weighted by Crippen LogP contribution is 2.31. The van der Waals surface area contributed by atoms with E-state index < -0.39 is 6.10 Å². The van der Waals surface area contributed by atoms with Crippen molar-refractivity contribution in [3.8, 4) is 0 Å². The summed E-state index contributed by atoms with van der Waals surface area (Å²) in [6.07, 6.45) is 4.30. The fourth-order valence-electron chi connectivity index (χ4n) is 2.27. The third-order valence-corrected chi connectivity index (χ3v) is 3.87. The van der Waals surface area contributed by atoms with Gasteiger partial charge in [0.1, 0.15) is 6.23 Å². The number of nitrogens with one attached hydrogen (secondary N) is 1. The van der Waals surface area contributed by atoms with E-state index in [0.717, 1.165) is 5.75 Å². The molecule has 0 spiro atoms. The van der Waals surface area contributed by atoms with Crippen LogP contribution in [0.2, 0.25) is 0 Å². The number of aromatic amines is 1. The molecule has 2 aromatic heterocycles. The maximum absolute atomic E-state index is 11.6. The Morgan fingerprint density at radius 3 is 3.26 bits per heavy atom. The Kier molecular flexibility index (Phi) is 3.29. The van der Waals surface area contributed by atoms with Crippen molar-refractivity contribution < 1.29 is 9.84 Å². The predicted molar refractivity (Wildman–Crippen MR) is 71.1 cm³/mol. The molecule has 0 aliphatic carbocycles. The molecule has 2 N–H and O–H groups in total. The van der Waals surface area contributed by atoms with Crippen LogP contribution in [-0.4, -0.2) is 48.8 Å². The number of H-pyrrole nitrogens is 1. The quantitative estimate of drug-likeness (QED) is 0.831. The first-order valence-electron chi connectivity index (χ1n) is 5.93. The Bertz CT molecular complexity index is 640. The molecule has 0 radical (unpaired) electrons. The zero-order valence-electron chi connectivity index (χ0n) is 10.3. The van der Waals surface area contributed by atoms with Gasteiger partial charge in [-0.1, -0.05) is 0 Å². The second-order valence-electron chi connectivity index (χ2n) is 4.44. The van der Waals surface area contributed by atoms with E-state index in [9.17, 15) is 9.90 Å². The number of aliphatic hydroxyl groups is 1. The lowest BCUT2D eigenvalue weighted by Crippen LogP contribution is -2.23. The van der Waals surface area contributed by atoms with Gasteiger partial charge in [0.25, 0.3) is 5.56 Å². The van der Waals surface area contributed by atoms with Crippen molar-refractivity contribution in [1.29, 1.82) is 0 Å². The monoisotopic (exact) mass is 282 g/mol. The average Bonchev–Trinajstić information content (AvgIpc) is 2.95. The van der Waals surface area contributed by atoms with Gasteiger partial charge in [-0.05, 0) is 6.26 Å². The van der Waals surface area contributed by atoms with Gasteiger partial charge in [-0.2, -0.15) is 11.8 Å². The molecule has 0 unspecified atom stereocenters. The lowest BCUT2D eigenvalue weighted by Gasteiger charge is -2.14. The Morgan fingerprint density at radius 1 is 1.63 bits per heavy atom. The maximum atomic E-state index is 11.6. The van der Waals surface area contributed by atoms with Crippen LogP contribution in [0.1, 0.15) is 12.6 Å². The van der Waals surface area contributed by atoms with Crippen LogP contribution in [-0.2, 0) is 4.74 Å². The number of imidazole rings is 1. The smallest absolute Gasteiger partial charge is 0.278 e. The number of hydrogen-bond donors (Lipinski definition) is 2. The summed E-state index contributed by atoms with van der Waals surface area (Å²) in [5, 5.41) is 9.96. The largest absolute Gasteiger partial charge is 0.390 e. The van der Waals surface area contributed by atoms with Crippen molar-refractivity contribution >= 4 is 22.9 Å². The lowest BCUT2D eigenvalue weighted by atomic mass is 10.2. The summed E-state index contributed by atoms with van der Waals surface area (Å²) in [5.41, 5.74) is 0.489. The first-order chi connectivity index (χ1) is 9.20. The molecule has 19 heavy (non-hydrogen) atoms. The van der Waals surface area contributed by atoms with Crippen LogP contribution in [0.5, 0.6) is 0 Å². The number of ether oxygens (including phenoxy) is 1. The SMILES string of the molecule is CSC[C@H]1O[C@@H](n2cnc3c(=O)[nH]cnc32)C[C@@H]1O. The number of hydrogen-bond acceptors (Lipinski definition) is 6. The standard InChI is InChI=1S/C11H14N4O3S/c1-19-3-7-6(16)2-8(18-7)15-5-14-9-10(15)12-4-13-11(9)17/h4-8,16H,2-3H2,1H3,(H,12,13,17)/t6-,7+,8+/m0/s1. The Hall–Kier alpha value is -1.38. The van der Waals surface area contributed by atoms with Crippen LogP contribution < -0.4 is 5.56 Å². The summed E-state index contributed by atoms with van der Waals surface area (Å²) in [5.74, 6) is 0.734. The van der Waals surface area contributed by atoms with Crippen LogP contribution in [0.4, 0.5) is 0 Å². The van der Waals surface area contributed by atoms with E-state index in [2.05, 4.69) is 15.0 Å². The zero-order chi connectivity index (χ0) is 13.4. The molecule has 2 aromatic rings. The van der Waals surface area contributed by atoms with Gasteiger partial charge < -0.3 is 14.8 Å². The molecule has 1 fully saturated rings. The number of rotatable bonds is 3. The summed E-state index contributed by atoms with van der Waals surface area (Å²) >= 11 is 1.63. The van der Waals surface area contributed by atoms with Gasteiger partial charge in [-0.3, -0.25) is 9.36 Å². The minimum absolute atomic E-state index is 0.195. The van der Waals surface area contributed by atoms with E-state index in [1.54, 1.807) is 16.3 Å². The fourth-order valence-corrected chi connectivity index (χ4v) is 2.90. The second kappa shape index (κ2) is 4.95. The van der Waals surface area contributed by atoms with Crippen LogP contribution in [0.3, 0.4) is 0 Å². The predicted octanol–water partition coefficient (Wildman–Crippen LogP) is 0.131. The molecule has 0 amide bonds. The average molecular weight is 282 g/mol. The molecule has 0 aromatic carbocycles. The molecule has 1 saturated heterocycles. The minimum atomic E-state index is -0.503. The summed E-state index contributed by atoms with van der Waals surface area (Å²) in [6, 6.07) is 0. The van der Waals surface area contributed by atoms with E-state index in [1.165, 1.54) is 12.7 Å². The highest BCUT2D eigenvalue weighted by Gasteiger charge is 2.35. The summed E-state index contributed by atoms with van der Waals surface area (Å²) in [4.78, 5) is 22.2. The van der Waals surface area contributed by atoms with Crippen molar-refractivity contribution in [2.45, 2.75) is 24.9 Å². The van der Waals surface area contributed by atoms with E-state index in [1.807, 2.05) is 6.26 Å². The highest BCUT2D eigenvalue weighted by molar-refractivity contribution is 7.98. The molecule has 8 heteroatoms. The van der Waals surface area contributed by atoms with Gasteiger partial charge in [-0.25, -0.2) is 9.97 Å². The molecule has 3 heterocycles. The molecule has 1 aliphatic heterocycles. The van der Waals surface area contributed by atoms with E-state index in [4.69, 9.17) is 4.74 Å². The van der Waals surface area contributed by atoms with E-state index >= 15 is 0 Å². The summed E-state index contributed by atoms with van der Waals surface area (Å²) in [6.45, 7) is 0. The molecule has 0 saturated carbocycles. The summed E-state index contributed by atoms with van der Waals surface area (Å²) < 4.78 is 7.51. The molecule has 7 nitrogen and oxygen atoms in total. The molecule has 102 valence electrons. The van der Waals surface area contributed by atoms with E-state index in [0.29, 0.717) is 12.1 Å². The number of aliphatic hydroxyl groups excluding tert-OH is 1. The van der Waals surface area contributed by atoms with Crippen LogP contribution in [0, 0.1) is 0 Å². The zero-order valence-corrected chi connectivity index (χ0v) is 11.1. The molecular weight excluding hydrogens is 268 g/mol. The molecule has 3 atom stereocenters. The van der Waals surface area contributed by atoms with Crippen LogP contribution in [0.15, 0.2) is 17.4 Å². The van der Waals surface area contributed by atoms with Crippen molar-refractivity contribution in [1.82, 2.24) is 19.5 Å². The number of aromatic nitrogens is 4. The summed E-state index contributed by atoms with van der Waals surface area (Å²) in [7, 11) is 0. The van der Waals surface area contributed by atoms with Gasteiger partial charge in [-0.15, -0.1) is 0 Å². The number of nitrogens with zero attached hydrogens (tertiary/aromatic N) is 3. The third-order valence-electron chi connectivity index (χ3n) is 3.21. The first kappa shape index (κ1) is 12.6. The number of fused-ring (bicyclic) bond motifs is 1. The normalized spacial score (nSPS) is 27.2. The minimum Gasteiger partial charge on any atom is -0.390 e. The van der Waals surface area contributed by atoms with Crippen LogP contribution in [0.25, 0.3) is 11.2 Å². The van der Waals surface area contributed by atoms with Crippen molar-refractivity contribution in [3.05, 3.63) is 23.0 Å². The molecular formula is C11H14N4O3S. The van der Waals surface area contributed by atoms with Crippen molar-refractivity contribution in [2.24, 2.45) is 0 Å². The molecule has 1 aliphatic rings. The Labute approximate surface area is 113 Å². The number of thioether (sulfide) groups is 1. The maximum Gasteiger partial charge on any atom is 0.278 e. The Balaban J connectivity index is 1.94. The van der Waals surface area contributed by atoms with Gasteiger partial charge in [0.15, 0.2) is 11.2 Å². The van der Waals surface area contributed by atoms with Crippen LogP contribution >= 0.6 is 11.8 Å². The van der Waals surface area contributed by atoms with E-state index in [-0.39, 0.29) is 23.4 Å². The topological polar surface area (TPSA) is 93.0 Å². The second-order valence-corrected chi connectivity index (χ2v) is 5.35.